The Bertz CT molecular complexity index is 689. The maximum Gasteiger partial charge on any atom is 0.119 e. The molecule has 108 valence electrons. The average molecular weight is 346 g/mol. The molecule has 4 heteroatoms. The Hall–Kier alpha value is -1.83. The standard InChI is InChI=1S/C17H16BrNO2/c1-17(20,14-5-3-4-12(8-14)11-19)10-13-9-15(21-2)6-7-16(13)18/h3-9,20H,10H2,1-2H3. The number of methoxy groups -OCH3 is 1. The first kappa shape index (κ1) is 15.6. The molecule has 21 heavy (non-hydrogen) atoms. The Morgan fingerprint density at radius 1 is 1.29 bits per heavy atom. The van der Waals surface area contributed by atoms with Crippen LogP contribution in [0.1, 0.15) is 23.6 Å². The van der Waals surface area contributed by atoms with Crippen molar-refractivity contribution in [1.82, 2.24) is 0 Å². The minimum Gasteiger partial charge on any atom is -0.497 e. The second-order valence-electron chi connectivity index (χ2n) is 5.10. The van der Waals surface area contributed by atoms with Crippen LogP contribution in [0.4, 0.5) is 0 Å². The Morgan fingerprint density at radius 2 is 2.05 bits per heavy atom. The molecule has 0 saturated heterocycles. The summed E-state index contributed by atoms with van der Waals surface area (Å²) in [5, 5.41) is 19.8. The van der Waals surface area contributed by atoms with E-state index in [1.807, 2.05) is 24.3 Å². The molecule has 2 aromatic rings. The first-order valence-electron chi connectivity index (χ1n) is 6.52. The molecule has 0 saturated carbocycles. The van der Waals surface area contributed by atoms with Crippen LogP contribution < -0.4 is 4.74 Å². The third kappa shape index (κ3) is 3.63. The molecule has 0 radical (unpaired) electrons. The molecule has 0 bridgehead atoms. The van der Waals surface area contributed by atoms with Gasteiger partial charge in [-0.05, 0) is 48.4 Å². The Kier molecular flexibility index (Phi) is 4.66. The van der Waals surface area contributed by atoms with Crippen molar-refractivity contribution in [3.8, 4) is 11.8 Å². The van der Waals surface area contributed by atoms with Crippen LogP contribution in [0.25, 0.3) is 0 Å². The van der Waals surface area contributed by atoms with Crippen molar-refractivity contribution in [2.75, 3.05) is 7.11 Å². The van der Waals surface area contributed by atoms with E-state index in [1.54, 1.807) is 32.2 Å². The summed E-state index contributed by atoms with van der Waals surface area (Å²) in [5.41, 5.74) is 1.14. The summed E-state index contributed by atoms with van der Waals surface area (Å²) >= 11 is 3.49. The van der Waals surface area contributed by atoms with E-state index < -0.39 is 5.60 Å². The summed E-state index contributed by atoms with van der Waals surface area (Å²) in [6.07, 6.45) is 0.416. The van der Waals surface area contributed by atoms with Crippen LogP contribution >= 0.6 is 15.9 Å². The van der Waals surface area contributed by atoms with Crippen LogP contribution in [0, 0.1) is 11.3 Å². The number of ether oxygens (including phenoxy) is 1. The van der Waals surface area contributed by atoms with E-state index >= 15 is 0 Å². The zero-order valence-electron chi connectivity index (χ0n) is 11.9. The van der Waals surface area contributed by atoms with Crippen LogP contribution in [0.15, 0.2) is 46.9 Å². The highest BCUT2D eigenvalue weighted by atomic mass is 79.9. The van der Waals surface area contributed by atoms with Gasteiger partial charge in [0, 0.05) is 10.9 Å². The van der Waals surface area contributed by atoms with Crippen LogP contribution in [0.2, 0.25) is 0 Å². The van der Waals surface area contributed by atoms with Gasteiger partial charge in [0.15, 0.2) is 0 Å². The van der Waals surface area contributed by atoms with E-state index in [1.165, 1.54) is 0 Å². The van der Waals surface area contributed by atoms with Gasteiger partial charge in [0.25, 0.3) is 0 Å². The number of nitrogens with zero attached hydrogens (tertiary/aromatic N) is 1. The topological polar surface area (TPSA) is 53.2 Å². The Balaban J connectivity index is 2.34. The highest BCUT2D eigenvalue weighted by Crippen LogP contribution is 2.31. The molecule has 2 aromatic carbocycles. The van der Waals surface area contributed by atoms with E-state index in [2.05, 4.69) is 22.0 Å². The zero-order chi connectivity index (χ0) is 15.5. The van der Waals surface area contributed by atoms with E-state index in [-0.39, 0.29) is 0 Å². The molecular weight excluding hydrogens is 330 g/mol. The van der Waals surface area contributed by atoms with Crippen molar-refractivity contribution in [1.29, 1.82) is 5.26 Å². The molecule has 1 N–H and O–H groups in total. The highest BCUT2D eigenvalue weighted by Gasteiger charge is 2.25. The first-order chi connectivity index (χ1) is 9.96. The maximum atomic E-state index is 10.8. The summed E-state index contributed by atoms with van der Waals surface area (Å²) < 4.78 is 6.14. The second-order valence-corrected chi connectivity index (χ2v) is 5.95. The SMILES string of the molecule is COc1ccc(Br)c(CC(C)(O)c2cccc(C#N)c2)c1. The predicted molar refractivity (Wildman–Crippen MR) is 85.1 cm³/mol. The molecule has 0 amide bonds. The monoisotopic (exact) mass is 345 g/mol. The number of benzene rings is 2. The minimum absolute atomic E-state index is 0.416. The quantitative estimate of drug-likeness (QED) is 0.917. The molecule has 0 aliphatic carbocycles. The molecule has 2 rings (SSSR count). The molecule has 1 atom stereocenters. The number of hydrogen-bond donors (Lipinski definition) is 1. The molecule has 0 aliphatic heterocycles. The van der Waals surface area contributed by atoms with Gasteiger partial charge in [-0.25, -0.2) is 0 Å². The van der Waals surface area contributed by atoms with E-state index in [9.17, 15) is 5.11 Å². The minimum atomic E-state index is -1.07. The van der Waals surface area contributed by atoms with Gasteiger partial charge < -0.3 is 9.84 Å². The second kappa shape index (κ2) is 6.30. The van der Waals surface area contributed by atoms with Crippen molar-refractivity contribution in [2.24, 2.45) is 0 Å². The summed E-state index contributed by atoms with van der Waals surface area (Å²) in [4.78, 5) is 0. The van der Waals surface area contributed by atoms with E-state index in [4.69, 9.17) is 10.00 Å². The van der Waals surface area contributed by atoms with Gasteiger partial charge in [-0.2, -0.15) is 5.26 Å². The fourth-order valence-electron chi connectivity index (χ4n) is 2.21. The lowest BCUT2D eigenvalue weighted by Gasteiger charge is -2.25. The van der Waals surface area contributed by atoms with Gasteiger partial charge in [0.2, 0.25) is 0 Å². The van der Waals surface area contributed by atoms with Crippen molar-refractivity contribution in [3.63, 3.8) is 0 Å². The third-order valence-corrected chi connectivity index (χ3v) is 4.17. The lowest BCUT2D eigenvalue weighted by molar-refractivity contribution is 0.0574. The van der Waals surface area contributed by atoms with Gasteiger partial charge in [0.1, 0.15) is 5.75 Å². The lowest BCUT2D eigenvalue weighted by Crippen LogP contribution is -2.24. The van der Waals surface area contributed by atoms with Gasteiger partial charge in [-0.1, -0.05) is 28.1 Å². The van der Waals surface area contributed by atoms with Crippen LogP contribution in [0.3, 0.4) is 0 Å². The Labute approximate surface area is 132 Å². The molecule has 0 aliphatic rings. The molecule has 0 fully saturated rings. The molecular formula is C17H16BrNO2. The number of hydrogen-bond acceptors (Lipinski definition) is 3. The van der Waals surface area contributed by atoms with Crippen molar-refractivity contribution in [3.05, 3.63) is 63.6 Å². The molecule has 3 nitrogen and oxygen atoms in total. The summed E-state index contributed by atoms with van der Waals surface area (Å²) in [6.45, 7) is 1.75. The summed E-state index contributed by atoms with van der Waals surface area (Å²) in [7, 11) is 1.61. The fourth-order valence-corrected chi connectivity index (χ4v) is 2.60. The van der Waals surface area contributed by atoms with E-state index in [0.29, 0.717) is 12.0 Å². The van der Waals surface area contributed by atoms with Crippen molar-refractivity contribution >= 4 is 15.9 Å². The smallest absolute Gasteiger partial charge is 0.119 e. The first-order valence-corrected chi connectivity index (χ1v) is 7.31. The lowest BCUT2D eigenvalue weighted by atomic mass is 9.88. The van der Waals surface area contributed by atoms with Gasteiger partial charge in [0.05, 0.1) is 24.3 Å². The van der Waals surface area contributed by atoms with Crippen molar-refractivity contribution in [2.45, 2.75) is 18.9 Å². The fraction of sp³-hybridized carbons (Fsp3) is 0.235. The zero-order valence-corrected chi connectivity index (χ0v) is 13.5. The van der Waals surface area contributed by atoms with E-state index in [0.717, 1.165) is 21.3 Å². The number of rotatable bonds is 4. The largest absolute Gasteiger partial charge is 0.497 e. The number of halogens is 1. The molecule has 0 aromatic heterocycles. The maximum absolute atomic E-state index is 10.8. The summed E-state index contributed by atoms with van der Waals surface area (Å²) in [5.74, 6) is 0.745. The predicted octanol–water partition coefficient (Wildman–Crippen LogP) is 3.78. The number of nitriles is 1. The molecule has 0 spiro atoms. The van der Waals surface area contributed by atoms with Crippen molar-refractivity contribution < 1.29 is 9.84 Å². The highest BCUT2D eigenvalue weighted by molar-refractivity contribution is 9.10. The van der Waals surface area contributed by atoms with Crippen LogP contribution in [-0.4, -0.2) is 12.2 Å². The molecule has 1 unspecified atom stereocenters. The normalized spacial score (nSPS) is 13.3. The van der Waals surface area contributed by atoms with Gasteiger partial charge in [-0.3, -0.25) is 0 Å². The molecule has 0 heterocycles. The van der Waals surface area contributed by atoms with Gasteiger partial charge in [-0.15, -0.1) is 0 Å². The third-order valence-electron chi connectivity index (χ3n) is 3.40. The average Bonchev–Trinajstić information content (AvgIpc) is 2.49. The van der Waals surface area contributed by atoms with Crippen LogP contribution in [-0.2, 0) is 12.0 Å². The van der Waals surface area contributed by atoms with Gasteiger partial charge >= 0.3 is 0 Å². The summed E-state index contributed by atoms with van der Waals surface area (Å²) in [6, 6.07) is 14.8. The Morgan fingerprint density at radius 3 is 2.71 bits per heavy atom. The van der Waals surface area contributed by atoms with Crippen LogP contribution in [0.5, 0.6) is 5.75 Å². The number of aliphatic hydroxyl groups is 1.